The van der Waals surface area contributed by atoms with Crippen LogP contribution in [0.1, 0.15) is 57.6 Å². The summed E-state index contributed by atoms with van der Waals surface area (Å²) in [7, 11) is 0. The highest BCUT2D eigenvalue weighted by molar-refractivity contribution is 6.28. The Labute approximate surface area is 171 Å². The van der Waals surface area contributed by atoms with E-state index < -0.39 is 0 Å². The van der Waals surface area contributed by atoms with Gasteiger partial charge >= 0.3 is 0 Å². The number of hydrogen-bond acceptors (Lipinski definition) is 5. The van der Waals surface area contributed by atoms with Crippen LogP contribution in [0, 0.1) is 0 Å². The average Bonchev–Trinajstić information content (AvgIpc) is 2.93. The van der Waals surface area contributed by atoms with Gasteiger partial charge in [0.1, 0.15) is 17.3 Å². The SMILES string of the molecule is CCOc1ccc(N(c2nc(Cl)nc3c2CN(C(C)C)C3=O)C(C)(C)C)cc1. The molecule has 0 atom stereocenters. The van der Waals surface area contributed by atoms with Gasteiger partial charge in [-0.15, -0.1) is 0 Å². The number of benzene rings is 1. The van der Waals surface area contributed by atoms with Gasteiger partial charge in [-0.05, 0) is 77.4 Å². The fourth-order valence-corrected chi connectivity index (χ4v) is 3.60. The third kappa shape index (κ3) is 3.78. The predicted octanol–water partition coefficient (Wildman–Crippen LogP) is 4.83. The van der Waals surface area contributed by atoms with Crippen molar-refractivity contribution >= 4 is 29.0 Å². The Hall–Kier alpha value is -2.34. The van der Waals surface area contributed by atoms with Gasteiger partial charge in [0, 0.05) is 22.8 Å². The summed E-state index contributed by atoms with van der Waals surface area (Å²) in [6, 6.07) is 7.94. The fraction of sp³-hybridized carbons (Fsp3) is 0.476. The number of carbonyl (C=O) groups excluding carboxylic acids is 1. The number of rotatable bonds is 5. The molecule has 3 rings (SSSR count). The smallest absolute Gasteiger partial charge is 0.273 e. The minimum Gasteiger partial charge on any atom is -0.494 e. The molecule has 1 amide bonds. The molecular weight excluding hydrogens is 376 g/mol. The highest BCUT2D eigenvalue weighted by Crippen LogP contribution is 2.39. The number of halogens is 1. The lowest BCUT2D eigenvalue weighted by molar-refractivity contribution is 0.0726. The molecule has 28 heavy (non-hydrogen) atoms. The van der Waals surface area contributed by atoms with E-state index in [4.69, 9.17) is 16.3 Å². The molecule has 0 spiro atoms. The van der Waals surface area contributed by atoms with E-state index in [0.29, 0.717) is 24.7 Å². The topological polar surface area (TPSA) is 58.6 Å². The van der Waals surface area contributed by atoms with Crippen molar-refractivity contribution in [3.63, 3.8) is 0 Å². The third-order valence-electron chi connectivity index (χ3n) is 4.66. The van der Waals surface area contributed by atoms with Crippen LogP contribution in [-0.2, 0) is 6.54 Å². The molecule has 0 saturated carbocycles. The molecule has 7 heteroatoms. The van der Waals surface area contributed by atoms with Crippen molar-refractivity contribution in [3.8, 4) is 5.75 Å². The number of nitrogens with zero attached hydrogens (tertiary/aromatic N) is 4. The van der Waals surface area contributed by atoms with Crippen LogP contribution >= 0.6 is 11.6 Å². The summed E-state index contributed by atoms with van der Waals surface area (Å²) in [6.45, 7) is 13.3. The second-order valence-corrected chi connectivity index (χ2v) is 8.44. The molecule has 0 saturated heterocycles. The Balaban J connectivity index is 2.13. The molecule has 0 N–H and O–H groups in total. The third-order valence-corrected chi connectivity index (χ3v) is 4.83. The summed E-state index contributed by atoms with van der Waals surface area (Å²) in [5.74, 6) is 1.38. The molecule has 2 heterocycles. The van der Waals surface area contributed by atoms with E-state index in [2.05, 4.69) is 35.6 Å². The summed E-state index contributed by atoms with van der Waals surface area (Å²) in [5.41, 5.74) is 1.85. The van der Waals surface area contributed by atoms with Crippen molar-refractivity contribution in [1.29, 1.82) is 0 Å². The van der Waals surface area contributed by atoms with Gasteiger partial charge < -0.3 is 14.5 Å². The molecule has 0 unspecified atom stereocenters. The lowest BCUT2D eigenvalue weighted by atomic mass is 10.0. The van der Waals surface area contributed by atoms with Gasteiger partial charge in [-0.2, -0.15) is 4.98 Å². The standard InChI is InChI=1S/C21H27ClN4O2/c1-7-28-15-10-8-14(9-11-15)26(21(4,5)6)18-16-12-25(13(2)3)19(27)17(16)23-20(22)24-18/h8-11,13H,7,12H2,1-6H3. The first-order chi connectivity index (χ1) is 13.1. The number of hydrogen-bond donors (Lipinski definition) is 0. The van der Waals surface area contributed by atoms with Crippen LogP contribution in [0.3, 0.4) is 0 Å². The number of aromatic nitrogens is 2. The number of carbonyl (C=O) groups is 1. The second kappa shape index (κ2) is 7.59. The van der Waals surface area contributed by atoms with E-state index in [1.165, 1.54) is 0 Å². The molecule has 1 aromatic heterocycles. The van der Waals surface area contributed by atoms with E-state index >= 15 is 0 Å². The minimum absolute atomic E-state index is 0.0712. The van der Waals surface area contributed by atoms with Crippen LogP contribution in [0.4, 0.5) is 11.5 Å². The zero-order valence-corrected chi connectivity index (χ0v) is 18.0. The maximum Gasteiger partial charge on any atom is 0.273 e. The van der Waals surface area contributed by atoms with E-state index in [1.807, 2.05) is 45.0 Å². The normalized spacial score (nSPS) is 13.9. The number of anilines is 2. The zero-order valence-electron chi connectivity index (χ0n) is 17.3. The Morgan fingerprint density at radius 2 is 1.86 bits per heavy atom. The molecule has 0 radical (unpaired) electrons. The van der Waals surface area contributed by atoms with E-state index in [1.54, 1.807) is 4.90 Å². The summed E-state index contributed by atoms with van der Waals surface area (Å²) in [4.78, 5) is 25.5. The molecule has 0 fully saturated rings. The molecule has 2 aromatic rings. The Kier molecular flexibility index (Phi) is 5.53. The fourth-order valence-electron chi connectivity index (χ4n) is 3.43. The first kappa shape index (κ1) is 20.4. The van der Waals surface area contributed by atoms with Gasteiger partial charge in [0.25, 0.3) is 5.91 Å². The van der Waals surface area contributed by atoms with Crippen LogP contribution in [0.25, 0.3) is 0 Å². The van der Waals surface area contributed by atoms with E-state index in [-0.39, 0.29) is 22.8 Å². The Morgan fingerprint density at radius 3 is 2.39 bits per heavy atom. The Morgan fingerprint density at radius 1 is 1.21 bits per heavy atom. The summed E-state index contributed by atoms with van der Waals surface area (Å²) in [6.07, 6.45) is 0. The molecule has 6 nitrogen and oxygen atoms in total. The van der Waals surface area contributed by atoms with Crippen LogP contribution in [-0.4, -0.2) is 39.0 Å². The van der Waals surface area contributed by atoms with Gasteiger partial charge in [-0.3, -0.25) is 4.79 Å². The summed E-state index contributed by atoms with van der Waals surface area (Å²) < 4.78 is 5.56. The van der Waals surface area contributed by atoms with Crippen molar-refractivity contribution in [3.05, 3.63) is 40.8 Å². The maximum absolute atomic E-state index is 12.8. The summed E-state index contributed by atoms with van der Waals surface area (Å²) >= 11 is 6.23. The number of ether oxygens (including phenoxy) is 1. The van der Waals surface area contributed by atoms with Crippen LogP contribution in [0.5, 0.6) is 5.75 Å². The minimum atomic E-state index is -0.299. The highest BCUT2D eigenvalue weighted by Gasteiger charge is 2.37. The van der Waals surface area contributed by atoms with Gasteiger partial charge in [0.05, 0.1) is 13.2 Å². The van der Waals surface area contributed by atoms with E-state index in [9.17, 15) is 4.79 Å². The summed E-state index contributed by atoms with van der Waals surface area (Å²) in [5, 5.41) is 0.0768. The molecule has 0 bridgehead atoms. The predicted molar refractivity (Wildman–Crippen MR) is 112 cm³/mol. The van der Waals surface area contributed by atoms with E-state index in [0.717, 1.165) is 17.0 Å². The molecule has 1 aromatic carbocycles. The van der Waals surface area contributed by atoms with Crippen molar-refractivity contribution in [2.24, 2.45) is 0 Å². The maximum atomic E-state index is 12.8. The van der Waals surface area contributed by atoms with Crippen LogP contribution in [0.2, 0.25) is 5.28 Å². The van der Waals surface area contributed by atoms with Gasteiger partial charge in [0.15, 0.2) is 0 Å². The monoisotopic (exact) mass is 402 g/mol. The van der Waals surface area contributed by atoms with Gasteiger partial charge in [0.2, 0.25) is 5.28 Å². The first-order valence-electron chi connectivity index (χ1n) is 9.54. The largest absolute Gasteiger partial charge is 0.494 e. The lowest BCUT2D eigenvalue weighted by Gasteiger charge is -2.37. The molecule has 150 valence electrons. The van der Waals surface area contributed by atoms with Crippen molar-refractivity contribution in [1.82, 2.24) is 14.9 Å². The van der Waals surface area contributed by atoms with Crippen LogP contribution < -0.4 is 9.64 Å². The van der Waals surface area contributed by atoms with Gasteiger partial charge in [-0.25, -0.2) is 4.98 Å². The lowest BCUT2D eigenvalue weighted by Crippen LogP contribution is -2.39. The number of fused-ring (bicyclic) bond motifs is 1. The Bertz CT molecular complexity index is 875. The van der Waals surface area contributed by atoms with Crippen molar-refractivity contribution in [2.75, 3.05) is 11.5 Å². The molecule has 1 aliphatic heterocycles. The zero-order chi connectivity index (χ0) is 20.6. The second-order valence-electron chi connectivity index (χ2n) is 8.10. The first-order valence-corrected chi connectivity index (χ1v) is 9.91. The molecular formula is C21H27ClN4O2. The van der Waals surface area contributed by atoms with Crippen LogP contribution in [0.15, 0.2) is 24.3 Å². The van der Waals surface area contributed by atoms with Gasteiger partial charge in [-0.1, -0.05) is 0 Å². The average molecular weight is 403 g/mol. The van der Waals surface area contributed by atoms with Crippen molar-refractivity contribution < 1.29 is 9.53 Å². The number of amides is 1. The quantitative estimate of drug-likeness (QED) is 0.670. The molecule has 0 aliphatic carbocycles. The highest BCUT2D eigenvalue weighted by atomic mass is 35.5. The van der Waals surface area contributed by atoms with Crippen molar-refractivity contribution in [2.45, 2.75) is 59.7 Å². The molecule has 1 aliphatic rings.